The Labute approximate surface area is 118 Å². The molecule has 0 bridgehead atoms. The number of benzene rings is 1. The van der Waals surface area contributed by atoms with Crippen LogP contribution in [0.25, 0.3) is 0 Å². The van der Waals surface area contributed by atoms with E-state index in [2.05, 4.69) is 4.98 Å². The van der Waals surface area contributed by atoms with Crippen LogP contribution in [0, 0.1) is 10.1 Å². The summed E-state index contributed by atoms with van der Waals surface area (Å²) < 4.78 is 10.4. The van der Waals surface area contributed by atoms with Crippen LogP contribution in [-0.2, 0) is 0 Å². The molecule has 0 aliphatic heterocycles. The summed E-state index contributed by atoms with van der Waals surface area (Å²) in [7, 11) is 1.38. The second-order valence-electron chi connectivity index (χ2n) is 3.88. The van der Waals surface area contributed by atoms with Gasteiger partial charge >= 0.3 is 5.97 Å². The van der Waals surface area contributed by atoms with Crippen LogP contribution in [0.5, 0.6) is 17.4 Å². The average Bonchev–Trinajstić information content (AvgIpc) is 2.47. The first-order chi connectivity index (χ1) is 10.0. The van der Waals surface area contributed by atoms with E-state index in [-0.39, 0.29) is 28.6 Å². The highest BCUT2D eigenvalue weighted by atomic mass is 16.6. The Morgan fingerprint density at radius 1 is 1.29 bits per heavy atom. The number of nitro groups is 1. The van der Waals surface area contributed by atoms with Crippen molar-refractivity contribution in [3.05, 3.63) is 52.2 Å². The van der Waals surface area contributed by atoms with E-state index >= 15 is 0 Å². The van der Waals surface area contributed by atoms with Crippen LogP contribution in [0.15, 0.2) is 36.5 Å². The lowest BCUT2D eigenvalue weighted by Crippen LogP contribution is -1.99. The first kappa shape index (κ1) is 14.3. The van der Waals surface area contributed by atoms with Gasteiger partial charge in [0.05, 0.1) is 23.7 Å². The molecule has 0 spiro atoms. The highest BCUT2D eigenvalue weighted by Gasteiger charge is 2.14. The van der Waals surface area contributed by atoms with Gasteiger partial charge in [0, 0.05) is 18.3 Å². The van der Waals surface area contributed by atoms with Crippen LogP contribution >= 0.6 is 0 Å². The summed E-state index contributed by atoms with van der Waals surface area (Å²) in [6.45, 7) is 0. The third kappa shape index (κ3) is 3.24. The van der Waals surface area contributed by atoms with Gasteiger partial charge in [-0.05, 0) is 12.1 Å². The van der Waals surface area contributed by atoms with Gasteiger partial charge in [-0.25, -0.2) is 9.78 Å². The number of hydrogen-bond donors (Lipinski definition) is 1. The third-order valence-electron chi connectivity index (χ3n) is 2.55. The van der Waals surface area contributed by atoms with E-state index in [1.807, 2.05) is 0 Å². The summed E-state index contributed by atoms with van der Waals surface area (Å²) in [6, 6.07) is 6.34. The standard InChI is InChI=1S/C13H10N2O6/c1-20-10-3-2-9(15(18)19)7-11(10)21-12-6-8(13(16)17)4-5-14-12/h2-7H,1H3,(H,16,17). The summed E-state index contributed by atoms with van der Waals surface area (Å²) >= 11 is 0. The molecule has 1 heterocycles. The summed E-state index contributed by atoms with van der Waals surface area (Å²) in [5, 5.41) is 19.7. The number of hydrogen-bond acceptors (Lipinski definition) is 6. The first-order valence-corrected chi connectivity index (χ1v) is 5.71. The van der Waals surface area contributed by atoms with E-state index in [0.717, 1.165) is 0 Å². The topological polar surface area (TPSA) is 112 Å². The van der Waals surface area contributed by atoms with E-state index in [4.69, 9.17) is 14.6 Å². The number of nitrogens with zero attached hydrogens (tertiary/aromatic N) is 2. The minimum absolute atomic E-state index is 0.00584. The zero-order valence-corrected chi connectivity index (χ0v) is 10.8. The highest BCUT2D eigenvalue weighted by molar-refractivity contribution is 5.87. The largest absolute Gasteiger partial charge is 0.493 e. The third-order valence-corrected chi connectivity index (χ3v) is 2.55. The molecule has 8 heteroatoms. The number of aromatic carboxylic acids is 1. The Bertz CT molecular complexity index is 701. The van der Waals surface area contributed by atoms with Gasteiger partial charge < -0.3 is 14.6 Å². The maximum Gasteiger partial charge on any atom is 0.335 e. The van der Waals surface area contributed by atoms with Crippen molar-refractivity contribution in [2.24, 2.45) is 0 Å². The van der Waals surface area contributed by atoms with E-state index < -0.39 is 10.9 Å². The molecule has 0 fully saturated rings. The molecule has 1 N–H and O–H groups in total. The van der Waals surface area contributed by atoms with Crippen molar-refractivity contribution in [1.82, 2.24) is 4.98 Å². The Hall–Kier alpha value is -3.16. The van der Waals surface area contributed by atoms with Crippen molar-refractivity contribution in [3.8, 4) is 17.4 Å². The number of ether oxygens (including phenoxy) is 2. The minimum Gasteiger partial charge on any atom is -0.493 e. The van der Waals surface area contributed by atoms with Gasteiger partial charge in [0.2, 0.25) is 5.88 Å². The fraction of sp³-hybridized carbons (Fsp3) is 0.0769. The number of rotatable bonds is 5. The second-order valence-corrected chi connectivity index (χ2v) is 3.88. The predicted molar refractivity (Wildman–Crippen MR) is 70.9 cm³/mol. The molecule has 0 saturated heterocycles. The smallest absolute Gasteiger partial charge is 0.335 e. The molecule has 0 aliphatic rings. The quantitative estimate of drug-likeness (QED) is 0.664. The van der Waals surface area contributed by atoms with Gasteiger partial charge in [-0.2, -0.15) is 0 Å². The monoisotopic (exact) mass is 290 g/mol. The van der Waals surface area contributed by atoms with E-state index in [9.17, 15) is 14.9 Å². The van der Waals surface area contributed by atoms with Crippen molar-refractivity contribution in [1.29, 1.82) is 0 Å². The fourth-order valence-electron chi connectivity index (χ4n) is 1.57. The van der Waals surface area contributed by atoms with Crippen molar-refractivity contribution in [3.63, 3.8) is 0 Å². The Balaban J connectivity index is 2.37. The molecule has 1 aromatic heterocycles. The Morgan fingerprint density at radius 2 is 2.05 bits per heavy atom. The van der Waals surface area contributed by atoms with Crippen LogP contribution < -0.4 is 9.47 Å². The molecular formula is C13H10N2O6. The van der Waals surface area contributed by atoms with Gasteiger partial charge in [0.15, 0.2) is 11.5 Å². The Kier molecular flexibility index (Phi) is 3.98. The maximum atomic E-state index is 10.9. The van der Waals surface area contributed by atoms with Crippen LogP contribution in [0.2, 0.25) is 0 Å². The fourth-order valence-corrected chi connectivity index (χ4v) is 1.57. The molecule has 0 aliphatic carbocycles. The van der Waals surface area contributed by atoms with E-state index in [1.54, 1.807) is 0 Å². The van der Waals surface area contributed by atoms with E-state index in [0.29, 0.717) is 0 Å². The molecule has 0 unspecified atom stereocenters. The SMILES string of the molecule is COc1ccc([N+](=O)[O-])cc1Oc1cc(C(=O)O)ccn1. The molecule has 8 nitrogen and oxygen atoms in total. The molecule has 108 valence electrons. The molecular weight excluding hydrogens is 280 g/mol. The molecule has 0 saturated carbocycles. The summed E-state index contributed by atoms with van der Waals surface area (Å²) in [5.41, 5.74) is -0.190. The molecule has 0 amide bonds. The van der Waals surface area contributed by atoms with Crippen LogP contribution in [0.1, 0.15) is 10.4 Å². The molecule has 0 radical (unpaired) electrons. The van der Waals surface area contributed by atoms with Crippen LogP contribution in [0.3, 0.4) is 0 Å². The van der Waals surface area contributed by atoms with Gasteiger partial charge in [-0.1, -0.05) is 0 Å². The normalized spacial score (nSPS) is 9.95. The average molecular weight is 290 g/mol. The van der Waals surface area contributed by atoms with Gasteiger partial charge in [0.25, 0.3) is 5.69 Å². The van der Waals surface area contributed by atoms with Gasteiger partial charge in [-0.15, -0.1) is 0 Å². The minimum atomic E-state index is -1.13. The number of carboxylic acids is 1. The molecule has 1 aromatic carbocycles. The molecule has 21 heavy (non-hydrogen) atoms. The van der Waals surface area contributed by atoms with Crippen LogP contribution in [0.4, 0.5) is 5.69 Å². The summed E-state index contributed by atoms with van der Waals surface area (Å²) in [6.07, 6.45) is 1.27. The number of carbonyl (C=O) groups is 1. The lowest BCUT2D eigenvalue weighted by atomic mass is 10.2. The van der Waals surface area contributed by atoms with Gasteiger partial charge in [0.1, 0.15) is 0 Å². The number of non-ortho nitro benzene ring substituents is 1. The lowest BCUT2D eigenvalue weighted by molar-refractivity contribution is -0.384. The van der Waals surface area contributed by atoms with Crippen LogP contribution in [-0.4, -0.2) is 28.1 Å². The first-order valence-electron chi connectivity index (χ1n) is 5.71. The molecule has 0 atom stereocenters. The number of carboxylic acid groups (broad SMARTS) is 1. The van der Waals surface area contributed by atoms with Crippen molar-refractivity contribution >= 4 is 11.7 Å². The van der Waals surface area contributed by atoms with Crippen molar-refractivity contribution in [2.75, 3.05) is 7.11 Å². The van der Waals surface area contributed by atoms with Crippen molar-refractivity contribution < 1.29 is 24.3 Å². The Morgan fingerprint density at radius 3 is 2.67 bits per heavy atom. The molecule has 2 aromatic rings. The predicted octanol–water partition coefficient (Wildman–Crippen LogP) is 2.49. The molecule has 2 rings (SSSR count). The number of aromatic nitrogens is 1. The zero-order chi connectivity index (χ0) is 15.4. The second kappa shape index (κ2) is 5.87. The summed E-state index contributed by atoms with van der Waals surface area (Å²) in [4.78, 5) is 24.9. The maximum absolute atomic E-state index is 10.9. The number of methoxy groups -OCH3 is 1. The zero-order valence-electron chi connectivity index (χ0n) is 10.8. The summed E-state index contributed by atoms with van der Waals surface area (Å²) in [5.74, 6) is -0.799. The number of pyridine rings is 1. The lowest BCUT2D eigenvalue weighted by Gasteiger charge is -2.09. The highest BCUT2D eigenvalue weighted by Crippen LogP contribution is 2.34. The van der Waals surface area contributed by atoms with Crippen molar-refractivity contribution in [2.45, 2.75) is 0 Å². The number of nitro benzene ring substituents is 1. The van der Waals surface area contributed by atoms with Gasteiger partial charge in [-0.3, -0.25) is 10.1 Å². The van der Waals surface area contributed by atoms with E-state index in [1.165, 1.54) is 43.6 Å².